The molecule has 0 saturated heterocycles. The van der Waals surface area contributed by atoms with E-state index in [4.69, 9.17) is 4.42 Å². The zero-order valence-electron chi connectivity index (χ0n) is 13.0. The predicted molar refractivity (Wildman–Crippen MR) is 89.3 cm³/mol. The number of carbonyl (C=O) groups excluding carboxylic acids is 1. The number of oxazole rings is 1. The highest BCUT2D eigenvalue weighted by Crippen LogP contribution is 2.44. The molecule has 1 saturated carbocycles. The molecule has 1 aliphatic rings. The molecule has 1 aromatic heterocycles. The largest absolute Gasteiger partial charge is 0.441 e. The summed E-state index contributed by atoms with van der Waals surface area (Å²) in [6.07, 6.45) is 2.88. The van der Waals surface area contributed by atoms with Crippen LogP contribution in [0, 0.1) is 6.92 Å². The zero-order chi connectivity index (χ0) is 15.9. The number of fused-ring (bicyclic) bond motifs is 1. The van der Waals surface area contributed by atoms with Gasteiger partial charge in [-0.1, -0.05) is 36.8 Å². The van der Waals surface area contributed by atoms with Crippen LogP contribution in [-0.4, -0.2) is 10.9 Å². The van der Waals surface area contributed by atoms with Crippen LogP contribution in [0.1, 0.15) is 30.7 Å². The van der Waals surface area contributed by atoms with Gasteiger partial charge in [0.15, 0.2) is 11.5 Å². The molecule has 0 radical (unpaired) electrons. The van der Waals surface area contributed by atoms with E-state index < -0.39 is 5.41 Å². The van der Waals surface area contributed by atoms with Gasteiger partial charge in [0.1, 0.15) is 5.52 Å². The van der Waals surface area contributed by atoms with E-state index >= 15 is 0 Å². The van der Waals surface area contributed by atoms with E-state index in [1.165, 1.54) is 0 Å². The Bertz CT molecular complexity index is 863. The molecule has 116 valence electrons. The fraction of sp³-hybridized carbons (Fsp3) is 0.263. The van der Waals surface area contributed by atoms with Gasteiger partial charge in [0.05, 0.1) is 5.41 Å². The van der Waals surface area contributed by atoms with Crippen LogP contribution in [0.2, 0.25) is 0 Å². The number of nitrogens with zero attached hydrogens (tertiary/aromatic N) is 1. The van der Waals surface area contributed by atoms with Crippen LogP contribution < -0.4 is 5.32 Å². The van der Waals surface area contributed by atoms with Gasteiger partial charge in [-0.2, -0.15) is 0 Å². The summed E-state index contributed by atoms with van der Waals surface area (Å²) in [4.78, 5) is 17.2. The summed E-state index contributed by atoms with van der Waals surface area (Å²) in [7, 11) is 0. The summed E-state index contributed by atoms with van der Waals surface area (Å²) >= 11 is 0. The topological polar surface area (TPSA) is 55.1 Å². The Morgan fingerprint density at radius 3 is 2.65 bits per heavy atom. The second-order valence-corrected chi connectivity index (χ2v) is 6.17. The molecule has 0 aliphatic heterocycles. The Kier molecular flexibility index (Phi) is 3.18. The Labute approximate surface area is 134 Å². The Balaban J connectivity index is 1.63. The third-order valence-electron chi connectivity index (χ3n) is 4.72. The van der Waals surface area contributed by atoms with Crippen molar-refractivity contribution in [3.8, 4) is 0 Å². The molecule has 0 unspecified atom stereocenters. The summed E-state index contributed by atoms with van der Waals surface area (Å²) in [6, 6.07) is 15.6. The average Bonchev–Trinajstić information content (AvgIpc) is 2.86. The first-order valence-corrected chi connectivity index (χ1v) is 7.92. The summed E-state index contributed by atoms with van der Waals surface area (Å²) in [5, 5.41) is 3.06. The molecule has 3 aromatic rings. The van der Waals surface area contributed by atoms with Crippen LogP contribution in [0.5, 0.6) is 0 Å². The molecule has 4 nitrogen and oxygen atoms in total. The van der Waals surface area contributed by atoms with Gasteiger partial charge in [-0.15, -0.1) is 0 Å². The first kappa shape index (κ1) is 14.0. The highest BCUT2D eigenvalue weighted by Gasteiger charge is 2.45. The fourth-order valence-electron chi connectivity index (χ4n) is 3.31. The molecular weight excluding hydrogens is 288 g/mol. The van der Waals surface area contributed by atoms with E-state index in [1.54, 1.807) is 0 Å². The van der Waals surface area contributed by atoms with Crippen molar-refractivity contribution in [2.75, 3.05) is 5.32 Å². The van der Waals surface area contributed by atoms with Crippen molar-refractivity contribution < 1.29 is 9.21 Å². The smallest absolute Gasteiger partial charge is 0.235 e. The van der Waals surface area contributed by atoms with Crippen molar-refractivity contribution in [2.45, 2.75) is 31.6 Å². The van der Waals surface area contributed by atoms with Gasteiger partial charge in [0.2, 0.25) is 5.91 Å². The van der Waals surface area contributed by atoms with E-state index in [0.29, 0.717) is 5.89 Å². The summed E-state index contributed by atoms with van der Waals surface area (Å²) in [6.45, 7) is 1.82. The molecule has 2 aromatic carbocycles. The number of hydrogen-bond donors (Lipinski definition) is 1. The Hall–Kier alpha value is -2.62. The van der Waals surface area contributed by atoms with Crippen LogP contribution >= 0.6 is 0 Å². The molecule has 1 fully saturated rings. The average molecular weight is 306 g/mol. The minimum Gasteiger partial charge on any atom is -0.441 e. The molecule has 0 atom stereocenters. The van der Waals surface area contributed by atoms with Crippen molar-refractivity contribution in [3.05, 3.63) is 60.0 Å². The number of benzene rings is 2. The normalized spacial score (nSPS) is 16.0. The minimum absolute atomic E-state index is 0.0644. The molecule has 23 heavy (non-hydrogen) atoms. The SMILES string of the molecule is Cc1nc2cc(NC(=O)C3(c4ccccc4)CCC3)ccc2o1. The molecule has 0 bridgehead atoms. The van der Waals surface area contributed by atoms with Gasteiger partial charge in [-0.05, 0) is 36.6 Å². The standard InChI is InChI=1S/C19H18N2O2/c1-13-20-16-12-15(8-9-17(16)23-13)21-18(22)19(10-5-11-19)14-6-3-2-4-7-14/h2-4,6-9,12H,5,10-11H2,1H3,(H,21,22). The second-order valence-electron chi connectivity index (χ2n) is 6.17. The number of amides is 1. The Morgan fingerprint density at radius 2 is 1.96 bits per heavy atom. The second kappa shape index (κ2) is 5.23. The lowest BCUT2D eigenvalue weighted by molar-refractivity contribution is -0.124. The van der Waals surface area contributed by atoms with Gasteiger partial charge >= 0.3 is 0 Å². The number of nitrogens with one attached hydrogen (secondary N) is 1. The van der Waals surface area contributed by atoms with Crippen LogP contribution in [-0.2, 0) is 10.2 Å². The molecular formula is C19H18N2O2. The third-order valence-corrected chi connectivity index (χ3v) is 4.72. The lowest BCUT2D eigenvalue weighted by atomic mass is 9.64. The van der Waals surface area contributed by atoms with Crippen LogP contribution in [0.15, 0.2) is 52.9 Å². The van der Waals surface area contributed by atoms with Gasteiger partial charge < -0.3 is 9.73 Å². The number of aryl methyl sites for hydroxylation is 1. The van der Waals surface area contributed by atoms with E-state index in [9.17, 15) is 4.79 Å². The number of rotatable bonds is 3. The van der Waals surface area contributed by atoms with E-state index in [1.807, 2.05) is 55.5 Å². The molecule has 1 aliphatic carbocycles. The summed E-state index contributed by atoms with van der Waals surface area (Å²) in [5.74, 6) is 0.692. The van der Waals surface area contributed by atoms with Crippen molar-refractivity contribution >= 4 is 22.7 Å². The van der Waals surface area contributed by atoms with Crippen LogP contribution in [0.25, 0.3) is 11.1 Å². The quantitative estimate of drug-likeness (QED) is 0.789. The fourth-order valence-corrected chi connectivity index (χ4v) is 3.31. The maximum Gasteiger partial charge on any atom is 0.235 e. The highest BCUT2D eigenvalue weighted by molar-refractivity contribution is 6.00. The van der Waals surface area contributed by atoms with Gasteiger partial charge in [0, 0.05) is 12.6 Å². The molecule has 0 spiro atoms. The van der Waals surface area contributed by atoms with Crippen molar-refractivity contribution in [3.63, 3.8) is 0 Å². The first-order chi connectivity index (χ1) is 11.2. The monoisotopic (exact) mass is 306 g/mol. The molecule has 4 heteroatoms. The summed E-state index contributed by atoms with van der Waals surface area (Å²) < 4.78 is 5.47. The number of anilines is 1. The minimum atomic E-state index is -0.393. The predicted octanol–water partition coefficient (Wildman–Crippen LogP) is 4.20. The van der Waals surface area contributed by atoms with E-state index in [0.717, 1.165) is 41.6 Å². The van der Waals surface area contributed by atoms with Crippen molar-refractivity contribution in [1.82, 2.24) is 4.98 Å². The van der Waals surface area contributed by atoms with E-state index in [2.05, 4.69) is 10.3 Å². The van der Waals surface area contributed by atoms with Crippen LogP contribution in [0.3, 0.4) is 0 Å². The number of carbonyl (C=O) groups is 1. The summed E-state index contributed by atoms with van der Waals surface area (Å²) in [5.41, 5.74) is 2.97. The maximum atomic E-state index is 12.9. The zero-order valence-corrected chi connectivity index (χ0v) is 13.0. The molecule has 1 heterocycles. The van der Waals surface area contributed by atoms with Crippen molar-refractivity contribution in [1.29, 1.82) is 0 Å². The lowest BCUT2D eigenvalue weighted by Gasteiger charge is -2.40. The van der Waals surface area contributed by atoms with Crippen LogP contribution in [0.4, 0.5) is 5.69 Å². The molecule has 1 amide bonds. The molecule has 4 rings (SSSR count). The lowest BCUT2D eigenvalue weighted by Crippen LogP contribution is -2.45. The third kappa shape index (κ3) is 2.31. The van der Waals surface area contributed by atoms with Gasteiger partial charge in [0.25, 0.3) is 0 Å². The number of aromatic nitrogens is 1. The van der Waals surface area contributed by atoms with E-state index in [-0.39, 0.29) is 5.91 Å². The van der Waals surface area contributed by atoms with Gasteiger partial charge in [-0.3, -0.25) is 4.79 Å². The maximum absolute atomic E-state index is 12.9. The number of hydrogen-bond acceptors (Lipinski definition) is 3. The van der Waals surface area contributed by atoms with Crippen molar-refractivity contribution in [2.24, 2.45) is 0 Å². The molecule has 1 N–H and O–H groups in total. The van der Waals surface area contributed by atoms with Gasteiger partial charge in [-0.25, -0.2) is 4.98 Å². The Morgan fingerprint density at radius 1 is 1.17 bits per heavy atom. The first-order valence-electron chi connectivity index (χ1n) is 7.92. The highest BCUT2D eigenvalue weighted by atomic mass is 16.3.